The maximum Gasteiger partial charge on any atom is 0.335 e. The first-order chi connectivity index (χ1) is 20.7. The smallest absolute Gasteiger partial charge is 0.335 e. The van der Waals surface area contributed by atoms with E-state index in [-0.39, 0.29) is 30.5 Å². The van der Waals surface area contributed by atoms with E-state index in [1.165, 1.54) is 23.1 Å². The van der Waals surface area contributed by atoms with Crippen LogP contribution >= 0.6 is 9.47 Å². The maximum absolute atomic E-state index is 8.29. The van der Waals surface area contributed by atoms with Crippen LogP contribution in [0, 0.1) is 23.7 Å². The third kappa shape index (κ3) is 11.0. The maximum atomic E-state index is 8.29. The Morgan fingerprint density at radius 1 is 1.00 bits per heavy atom. The predicted octanol–water partition coefficient (Wildman–Crippen LogP) is 7.84. The summed E-state index contributed by atoms with van der Waals surface area (Å²) in [5.74, 6) is 2.16. The van der Waals surface area contributed by atoms with Gasteiger partial charge in [0.25, 0.3) is 0 Å². The quantitative estimate of drug-likeness (QED) is 0.118. The van der Waals surface area contributed by atoms with Crippen LogP contribution in [-0.4, -0.2) is 51.6 Å². The summed E-state index contributed by atoms with van der Waals surface area (Å²) in [7, 11) is 2.33. The zero-order valence-corrected chi connectivity index (χ0v) is 28.8. The van der Waals surface area contributed by atoms with E-state index in [1.54, 1.807) is 0 Å². The van der Waals surface area contributed by atoms with Crippen molar-refractivity contribution >= 4 is 21.0 Å². The second-order valence-corrected chi connectivity index (χ2v) is 13.6. The number of hydrogen-bond acceptors (Lipinski definition) is 6. The number of rotatable bonds is 14. The highest BCUT2D eigenvalue weighted by molar-refractivity contribution is 7.51. The van der Waals surface area contributed by atoms with Crippen molar-refractivity contribution in [1.82, 2.24) is 0 Å². The van der Waals surface area contributed by atoms with Crippen molar-refractivity contribution in [2.45, 2.75) is 129 Å². The Hall–Kier alpha value is -1.21. The molecule has 0 aliphatic carbocycles. The molecule has 3 unspecified atom stereocenters. The van der Waals surface area contributed by atoms with Gasteiger partial charge < -0.3 is 18.7 Å². The van der Waals surface area contributed by atoms with Crippen molar-refractivity contribution in [2.75, 3.05) is 6.61 Å². The number of benzene rings is 1. The molecule has 43 heavy (non-hydrogen) atoms. The second-order valence-electron chi connectivity index (χ2n) is 13.1. The molecular formula is C35H55O6PS. The molecule has 3 fully saturated rings. The average molecular weight is 635 g/mol. The van der Waals surface area contributed by atoms with Crippen LogP contribution in [-0.2, 0) is 36.7 Å². The normalized spacial score (nSPS) is 33.2. The zero-order valence-electron chi connectivity index (χ0n) is 26.8. The molecule has 3 saturated heterocycles. The largest absolute Gasteiger partial charge is 0.374 e. The van der Waals surface area contributed by atoms with Gasteiger partial charge in [-0.25, -0.2) is 0 Å². The van der Waals surface area contributed by atoms with Gasteiger partial charge in [-0.05, 0) is 91.7 Å². The summed E-state index contributed by atoms with van der Waals surface area (Å²) in [5.41, 5.74) is 3.89. The van der Waals surface area contributed by atoms with Gasteiger partial charge in [0.1, 0.15) is 0 Å². The van der Waals surface area contributed by atoms with Crippen LogP contribution in [0.4, 0.5) is 0 Å². The first-order valence-electron chi connectivity index (χ1n) is 16.3. The third-order valence-electron chi connectivity index (χ3n) is 10.0. The first-order valence-corrected chi connectivity index (χ1v) is 17.4. The molecule has 1 aromatic carbocycles. The van der Waals surface area contributed by atoms with Crippen LogP contribution in [0.15, 0.2) is 54.6 Å². The second kappa shape index (κ2) is 18.7. The van der Waals surface area contributed by atoms with Crippen molar-refractivity contribution < 1.29 is 27.2 Å². The summed E-state index contributed by atoms with van der Waals surface area (Å²) < 4.78 is 41.8. The molecule has 0 saturated carbocycles. The zero-order chi connectivity index (χ0) is 31.4. The Morgan fingerprint density at radius 3 is 2.37 bits per heavy atom. The van der Waals surface area contributed by atoms with Gasteiger partial charge in [-0.1, -0.05) is 77.6 Å². The van der Waals surface area contributed by atoms with E-state index in [0.717, 1.165) is 64.4 Å². The van der Waals surface area contributed by atoms with Gasteiger partial charge in [0.2, 0.25) is 0 Å². The van der Waals surface area contributed by atoms with Gasteiger partial charge >= 0.3 is 11.6 Å². The molecule has 3 aliphatic rings. The predicted molar refractivity (Wildman–Crippen MR) is 177 cm³/mol. The molecule has 6 nitrogen and oxygen atoms in total. The molecule has 0 amide bonds. The van der Waals surface area contributed by atoms with Gasteiger partial charge in [0.15, 0.2) is 0 Å². The molecule has 242 valence electrons. The van der Waals surface area contributed by atoms with E-state index in [4.69, 9.17) is 27.2 Å². The molecule has 11 atom stereocenters. The Labute approximate surface area is 266 Å². The molecule has 0 bridgehead atoms. The molecule has 1 aromatic rings. The van der Waals surface area contributed by atoms with Crippen LogP contribution < -0.4 is 0 Å². The van der Waals surface area contributed by atoms with Gasteiger partial charge in [-0.3, -0.25) is 0 Å². The third-order valence-corrected chi connectivity index (χ3v) is 10.3. The van der Waals surface area contributed by atoms with E-state index in [1.807, 2.05) is 0 Å². The fourth-order valence-electron chi connectivity index (χ4n) is 7.15. The first kappa shape index (κ1) is 36.3. The molecule has 3 aliphatic heterocycles. The lowest BCUT2D eigenvalue weighted by Gasteiger charge is -2.38. The van der Waals surface area contributed by atoms with Crippen LogP contribution in [0.1, 0.15) is 91.0 Å². The van der Waals surface area contributed by atoms with Gasteiger partial charge in [-0.2, -0.15) is 8.42 Å². The molecule has 3 heterocycles. The SMILES string of the molecule is C=C1C[C@H](CCCOP)OC1CC[C@H]1C[C@@H](C)C(=C)C(C[C@@H]2O[C@H](C[C@H](C)CC)[C@H](C)[C@H]2Cc2ccccc2)O1.O=S=O. The minimum atomic E-state index is -0.750. The molecule has 8 heteroatoms. The molecule has 0 N–H and O–H groups in total. The van der Waals surface area contributed by atoms with E-state index >= 15 is 0 Å². The molecular weight excluding hydrogens is 579 g/mol. The minimum absolute atomic E-state index is 0.0546. The van der Waals surface area contributed by atoms with Crippen LogP contribution in [0.2, 0.25) is 0 Å². The number of hydrogen-bond donors (Lipinski definition) is 0. The summed E-state index contributed by atoms with van der Waals surface area (Å²) in [6.45, 7) is 19.0. The fraction of sp³-hybridized carbons (Fsp3) is 0.714. The summed E-state index contributed by atoms with van der Waals surface area (Å²) >= 11 is -0.750. The molecule has 0 spiro atoms. The lowest BCUT2D eigenvalue weighted by atomic mass is 9.78. The van der Waals surface area contributed by atoms with E-state index in [0.29, 0.717) is 29.8 Å². The summed E-state index contributed by atoms with van der Waals surface area (Å²) in [6.07, 6.45) is 11.6. The summed E-state index contributed by atoms with van der Waals surface area (Å²) in [5, 5.41) is 0. The fourth-order valence-corrected chi connectivity index (χ4v) is 7.31. The standard InChI is InChI=1S/C35H55O4P.O2S/c1-7-23(2)18-33-27(6)31(21-28-12-9-8-10-13-28)35(39-33)22-34-26(5)24(3)19-30(38-34)15-16-32-25(4)20-29(37-32)14-11-17-36-40;1-3-2/h8-10,12-13,23-24,27,29-35H,4-5,7,11,14-22,40H2,1-3,6H3;/t23-,24-,27-,29+,30+,31-,32?,33-,34?,35+;/m1./s1. The average Bonchev–Trinajstić information content (AvgIpc) is 3.48. The lowest BCUT2D eigenvalue weighted by molar-refractivity contribution is -0.0744. The van der Waals surface area contributed by atoms with Crippen molar-refractivity contribution in [3.05, 3.63) is 60.2 Å². The van der Waals surface area contributed by atoms with Gasteiger partial charge in [-0.15, -0.1) is 0 Å². The summed E-state index contributed by atoms with van der Waals surface area (Å²) in [6, 6.07) is 10.9. The van der Waals surface area contributed by atoms with Crippen molar-refractivity contribution in [2.24, 2.45) is 23.7 Å². The Morgan fingerprint density at radius 2 is 1.70 bits per heavy atom. The van der Waals surface area contributed by atoms with E-state index in [2.05, 4.69) is 80.7 Å². The van der Waals surface area contributed by atoms with Crippen LogP contribution in [0.3, 0.4) is 0 Å². The van der Waals surface area contributed by atoms with Crippen molar-refractivity contribution in [1.29, 1.82) is 0 Å². The van der Waals surface area contributed by atoms with E-state index in [9.17, 15) is 0 Å². The van der Waals surface area contributed by atoms with Crippen LogP contribution in [0.25, 0.3) is 0 Å². The lowest BCUT2D eigenvalue weighted by Crippen LogP contribution is -2.38. The highest BCUT2D eigenvalue weighted by Crippen LogP contribution is 2.43. The Bertz CT molecular complexity index is 1030. The highest BCUT2D eigenvalue weighted by atomic mass is 32.1. The van der Waals surface area contributed by atoms with Crippen molar-refractivity contribution in [3.63, 3.8) is 0 Å². The highest BCUT2D eigenvalue weighted by Gasteiger charge is 2.44. The topological polar surface area (TPSA) is 71.1 Å². The Balaban J connectivity index is 0.00000162. The van der Waals surface area contributed by atoms with Crippen molar-refractivity contribution in [3.8, 4) is 0 Å². The van der Waals surface area contributed by atoms with Gasteiger partial charge in [0, 0.05) is 15.9 Å². The minimum Gasteiger partial charge on any atom is -0.374 e. The molecule has 0 radical (unpaired) electrons. The summed E-state index contributed by atoms with van der Waals surface area (Å²) in [4.78, 5) is 0. The van der Waals surface area contributed by atoms with E-state index < -0.39 is 11.6 Å². The Kier molecular flexibility index (Phi) is 15.8. The number of ether oxygens (including phenoxy) is 3. The van der Waals surface area contributed by atoms with Gasteiger partial charge in [0.05, 0.1) is 43.2 Å². The molecule has 4 rings (SSSR count). The monoisotopic (exact) mass is 634 g/mol. The molecule has 0 aromatic heterocycles. The van der Waals surface area contributed by atoms with Crippen LogP contribution in [0.5, 0.6) is 0 Å².